The van der Waals surface area contributed by atoms with E-state index < -0.39 is 36.5 Å². The van der Waals surface area contributed by atoms with Crippen LogP contribution in [0.4, 0.5) is 13.2 Å². The molecule has 0 radical (unpaired) electrons. The molecule has 0 bridgehead atoms. The highest BCUT2D eigenvalue weighted by Gasteiger charge is 2.57. The number of hydrogen-bond acceptors (Lipinski definition) is 6. The van der Waals surface area contributed by atoms with Crippen LogP contribution in [-0.4, -0.2) is 42.0 Å². The van der Waals surface area contributed by atoms with Crippen LogP contribution >= 0.6 is 11.7 Å². The molecular weight excluding hydrogens is 323 g/mol. The molecule has 2 heterocycles. The third-order valence-electron chi connectivity index (χ3n) is 3.03. The molecule has 2 rings (SSSR count). The van der Waals surface area contributed by atoms with Gasteiger partial charge in [0, 0.05) is 32.4 Å². The Morgan fingerprint density at radius 2 is 2.23 bits per heavy atom. The first-order chi connectivity index (χ1) is 10.3. The first kappa shape index (κ1) is 16.4. The van der Waals surface area contributed by atoms with Gasteiger partial charge in [0.25, 0.3) is 5.91 Å². The summed E-state index contributed by atoms with van der Waals surface area (Å²) in [7, 11) is 1.35. The van der Waals surface area contributed by atoms with Gasteiger partial charge in [-0.25, -0.2) is 4.98 Å². The van der Waals surface area contributed by atoms with E-state index in [9.17, 15) is 23.1 Å². The molecule has 0 saturated carbocycles. The molecule has 2 aromatic heterocycles. The topological polar surface area (TPSA) is 92.9 Å². The van der Waals surface area contributed by atoms with Crippen LogP contribution in [0.5, 0.6) is 0 Å². The van der Waals surface area contributed by atoms with E-state index in [-0.39, 0.29) is 5.69 Å². The van der Waals surface area contributed by atoms with Gasteiger partial charge in [-0.3, -0.25) is 4.79 Å². The normalized spacial score (nSPS) is 14.6. The van der Waals surface area contributed by atoms with Crippen molar-refractivity contribution in [1.82, 2.24) is 23.6 Å². The lowest BCUT2D eigenvalue weighted by Crippen LogP contribution is -2.46. The van der Waals surface area contributed by atoms with Gasteiger partial charge in [0.05, 0.1) is 17.9 Å². The first-order valence-corrected chi connectivity index (χ1v) is 6.81. The van der Waals surface area contributed by atoms with Crippen molar-refractivity contribution >= 4 is 17.6 Å². The second-order valence-electron chi connectivity index (χ2n) is 4.52. The van der Waals surface area contributed by atoms with Crippen molar-refractivity contribution < 1.29 is 23.1 Å². The zero-order valence-corrected chi connectivity index (χ0v) is 12.1. The van der Waals surface area contributed by atoms with Gasteiger partial charge in [-0.05, 0) is 0 Å². The van der Waals surface area contributed by atoms with E-state index in [0.717, 1.165) is 22.5 Å². The molecule has 120 valence electrons. The molecule has 1 atom stereocenters. The Balaban J connectivity index is 2.09. The molecule has 22 heavy (non-hydrogen) atoms. The summed E-state index contributed by atoms with van der Waals surface area (Å²) < 4.78 is 48.0. The van der Waals surface area contributed by atoms with E-state index in [1.165, 1.54) is 19.4 Å². The van der Waals surface area contributed by atoms with Crippen LogP contribution in [0.25, 0.3) is 0 Å². The minimum atomic E-state index is -4.93. The lowest BCUT2D eigenvalue weighted by molar-refractivity contribution is -0.272. The van der Waals surface area contributed by atoms with Crippen LogP contribution in [0.1, 0.15) is 22.7 Å². The molecule has 2 aromatic rings. The fourth-order valence-corrected chi connectivity index (χ4v) is 2.27. The number of carbonyl (C=O) groups is 1. The summed E-state index contributed by atoms with van der Waals surface area (Å²) >= 11 is 0.808. The molecule has 0 aliphatic heterocycles. The number of nitrogens with zero attached hydrogens (tertiary/aromatic N) is 4. The Labute approximate surface area is 127 Å². The monoisotopic (exact) mass is 335 g/mol. The van der Waals surface area contributed by atoms with Crippen molar-refractivity contribution in [3.05, 3.63) is 30.1 Å². The third-order valence-corrected chi connectivity index (χ3v) is 3.50. The van der Waals surface area contributed by atoms with Crippen molar-refractivity contribution in [2.24, 2.45) is 7.05 Å². The molecule has 0 aromatic carbocycles. The van der Waals surface area contributed by atoms with Gasteiger partial charge in [-0.1, -0.05) is 0 Å². The maximum atomic E-state index is 13.2. The number of rotatable bonds is 5. The summed E-state index contributed by atoms with van der Waals surface area (Å²) in [5.41, 5.74) is -3.14. The minimum absolute atomic E-state index is 0.0116. The average molecular weight is 335 g/mol. The number of imidazole rings is 1. The van der Waals surface area contributed by atoms with Gasteiger partial charge in [0.15, 0.2) is 5.69 Å². The summed E-state index contributed by atoms with van der Waals surface area (Å²) in [6, 6.07) is 0. The number of aryl methyl sites for hydroxylation is 1. The van der Waals surface area contributed by atoms with Crippen LogP contribution < -0.4 is 5.32 Å². The first-order valence-electron chi connectivity index (χ1n) is 6.08. The van der Waals surface area contributed by atoms with Crippen LogP contribution in [0, 0.1) is 0 Å². The summed E-state index contributed by atoms with van der Waals surface area (Å²) in [5, 5.41) is 12.3. The van der Waals surface area contributed by atoms with E-state index in [2.05, 4.69) is 19.0 Å². The molecule has 11 heteroatoms. The van der Waals surface area contributed by atoms with Gasteiger partial charge in [0.1, 0.15) is 5.82 Å². The van der Waals surface area contributed by atoms with E-state index >= 15 is 0 Å². The SMILES string of the molecule is Cn1ccnc1C(O)(CCNC(=O)c1cnsn1)C(F)(F)F. The van der Waals surface area contributed by atoms with Crippen molar-refractivity contribution in [2.45, 2.75) is 18.2 Å². The molecule has 2 N–H and O–H groups in total. The fourth-order valence-electron chi connectivity index (χ4n) is 1.86. The second kappa shape index (κ2) is 6.01. The Kier molecular flexibility index (Phi) is 4.47. The van der Waals surface area contributed by atoms with Crippen molar-refractivity contribution in [3.63, 3.8) is 0 Å². The van der Waals surface area contributed by atoms with Crippen molar-refractivity contribution in [2.75, 3.05) is 6.54 Å². The Morgan fingerprint density at radius 3 is 2.73 bits per heavy atom. The standard InChI is InChI=1S/C11H12F3N5O2S/c1-19-5-4-16-9(19)10(21,11(12,13)14)2-3-15-8(20)7-6-17-22-18-7/h4-6,21H,2-3H2,1H3,(H,15,20). The average Bonchev–Trinajstić information content (AvgIpc) is 3.07. The van der Waals surface area contributed by atoms with Crippen molar-refractivity contribution in [1.29, 1.82) is 0 Å². The van der Waals surface area contributed by atoms with Gasteiger partial charge >= 0.3 is 6.18 Å². The van der Waals surface area contributed by atoms with Crippen molar-refractivity contribution in [3.8, 4) is 0 Å². The predicted molar refractivity (Wildman–Crippen MR) is 70.0 cm³/mol. The maximum Gasteiger partial charge on any atom is 0.424 e. The third kappa shape index (κ3) is 3.09. The number of alkyl halides is 3. The summed E-state index contributed by atoms with van der Waals surface area (Å²) in [4.78, 5) is 15.2. The second-order valence-corrected chi connectivity index (χ2v) is 5.08. The van der Waals surface area contributed by atoms with Crippen LogP contribution in [0.3, 0.4) is 0 Å². The largest absolute Gasteiger partial charge is 0.424 e. The van der Waals surface area contributed by atoms with E-state index in [1.54, 1.807) is 0 Å². The zero-order chi connectivity index (χ0) is 16.4. The predicted octanol–water partition coefficient (Wildman–Crippen LogP) is 0.842. The quantitative estimate of drug-likeness (QED) is 0.845. The number of halogens is 3. The minimum Gasteiger partial charge on any atom is -0.374 e. The number of aromatic nitrogens is 4. The molecule has 0 spiro atoms. The number of nitrogens with one attached hydrogen (secondary N) is 1. The van der Waals surface area contributed by atoms with Crippen LogP contribution in [0.2, 0.25) is 0 Å². The molecular formula is C11H12F3N5O2S. The van der Waals surface area contributed by atoms with Gasteiger partial charge in [0.2, 0.25) is 5.60 Å². The molecule has 1 unspecified atom stereocenters. The summed E-state index contributed by atoms with van der Waals surface area (Å²) in [5.74, 6) is -1.19. The lowest BCUT2D eigenvalue weighted by Gasteiger charge is -2.29. The highest BCUT2D eigenvalue weighted by atomic mass is 32.1. The number of carbonyl (C=O) groups excluding carboxylic acids is 1. The summed E-state index contributed by atoms with van der Waals surface area (Å²) in [6.45, 7) is -0.404. The van der Waals surface area contributed by atoms with Gasteiger partial charge in [-0.15, -0.1) is 0 Å². The highest BCUT2D eigenvalue weighted by Crippen LogP contribution is 2.40. The number of aliphatic hydroxyl groups is 1. The van der Waals surface area contributed by atoms with E-state index in [1.807, 2.05) is 0 Å². The molecule has 1 amide bonds. The smallest absolute Gasteiger partial charge is 0.374 e. The molecule has 0 saturated heterocycles. The molecule has 0 aliphatic carbocycles. The molecule has 7 nitrogen and oxygen atoms in total. The van der Waals surface area contributed by atoms with E-state index in [4.69, 9.17) is 0 Å². The van der Waals surface area contributed by atoms with E-state index in [0.29, 0.717) is 0 Å². The molecule has 0 aliphatic rings. The fraction of sp³-hybridized carbons (Fsp3) is 0.455. The van der Waals surface area contributed by atoms with Crippen LogP contribution in [0.15, 0.2) is 18.6 Å². The van der Waals surface area contributed by atoms with Gasteiger partial charge < -0.3 is 15.0 Å². The lowest BCUT2D eigenvalue weighted by atomic mass is 9.97. The Morgan fingerprint density at radius 1 is 1.50 bits per heavy atom. The Hall–Kier alpha value is -2.01. The number of hydrogen-bond donors (Lipinski definition) is 2. The maximum absolute atomic E-state index is 13.2. The summed E-state index contributed by atoms with van der Waals surface area (Å²) in [6.07, 6.45) is -2.05. The van der Waals surface area contributed by atoms with Crippen LogP contribution in [-0.2, 0) is 12.6 Å². The molecule has 0 fully saturated rings. The number of amides is 1. The highest BCUT2D eigenvalue weighted by molar-refractivity contribution is 6.99. The zero-order valence-electron chi connectivity index (χ0n) is 11.3. The Bertz CT molecular complexity index is 642. The van der Waals surface area contributed by atoms with Gasteiger partial charge in [-0.2, -0.15) is 21.9 Å².